The molecule has 0 fully saturated rings. The van der Waals surface area contributed by atoms with Crippen LogP contribution in [-0.4, -0.2) is 42.3 Å². The fourth-order valence-electron chi connectivity index (χ4n) is 5.76. The minimum absolute atomic E-state index is 0.146. The van der Waals surface area contributed by atoms with E-state index in [0.29, 0.717) is 12.0 Å². The summed E-state index contributed by atoms with van der Waals surface area (Å²) in [6.07, 6.45) is 20.0. The molecule has 1 unspecified atom stereocenters. The number of likely N-dealkylation sites (N-methyl/N-ethyl adjacent to an activating group) is 1. The molecule has 0 amide bonds. The van der Waals surface area contributed by atoms with E-state index in [-0.39, 0.29) is 6.04 Å². The van der Waals surface area contributed by atoms with Crippen molar-refractivity contribution in [1.82, 2.24) is 15.1 Å². The van der Waals surface area contributed by atoms with Crippen molar-refractivity contribution in [3.05, 3.63) is 126 Å². The summed E-state index contributed by atoms with van der Waals surface area (Å²) in [5, 5.41) is 12.3. The SMILES string of the molecule is C=CN/C=C\C=C(/Cc1cccc(C#N)c1)CN(C)CCCCCCCc1ccc2c(c1)CN(C(C=C)CCC=O)C2=C. The average Bonchev–Trinajstić information content (AvgIpc) is 3.34. The van der Waals surface area contributed by atoms with Crippen LogP contribution >= 0.6 is 0 Å². The largest absolute Gasteiger partial charge is 0.368 e. The number of nitrogens with zero attached hydrogens (tertiary/aromatic N) is 3. The Kier molecular flexibility index (Phi) is 14.3. The van der Waals surface area contributed by atoms with Crippen LogP contribution in [0.1, 0.15) is 72.8 Å². The number of hydrogen-bond donors (Lipinski definition) is 1. The molecule has 2 aromatic rings. The van der Waals surface area contributed by atoms with Crippen LogP contribution in [-0.2, 0) is 24.2 Å². The van der Waals surface area contributed by atoms with Gasteiger partial charge in [0.25, 0.3) is 0 Å². The van der Waals surface area contributed by atoms with Crippen LogP contribution in [0.25, 0.3) is 5.70 Å². The lowest BCUT2D eigenvalue weighted by atomic mass is 10.0. The van der Waals surface area contributed by atoms with Gasteiger partial charge in [-0.3, -0.25) is 0 Å². The summed E-state index contributed by atoms with van der Waals surface area (Å²) in [6, 6.07) is 17.1. The highest BCUT2D eigenvalue weighted by atomic mass is 16.1. The molecule has 5 nitrogen and oxygen atoms in total. The number of aldehydes is 1. The third-order valence-electron chi connectivity index (χ3n) is 8.03. The van der Waals surface area contributed by atoms with Crippen molar-refractivity contribution in [3.8, 4) is 6.07 Å². The lowest BCUT2D eigenvalue weighted by Gasteiger charge is -2.27. The number of fused-ring (bicyclic) bond motifs is 1. The van der Waals surface area contributed by atoms with Gasteiger partial charge in [-0.25, -0.2) is 0 Å². The minimum atomic E-state index is 0.146. The van der Waals surface area contributed by atoms with Crippen LogP contribution in [0.5, 0.6) is 0 Å². The molecule has 1 aliphatic heterocycles. The van der Waals surface area contributed by atoms with E-state index in [1.807, 2.05) is 36.6 Å². The molecule has 43 heavy (non-hydrogen) atoms. The van der Waals surface area contributed by atoms with E-state index >= 15 is 0 Å². The van der Waals surface area contributed by atoms with Gasteiger partial charge in [-0.2, -0.15) is 5.26 Å². The summed E-state index contributed by atoms with van der Waals surface area (Å²) in [4.78, 5) is 15.5. The van der Waals surface area contributed by atoms with Gasteiger partial charge in [0.2, 0.25) is 0 Å². The van der Waals surface area contributed by atoms with Gasteiger partial charge in [-0.15, -0.1) is 6.58 Å². The van der Waals surface area contributed by atoms with E-state index in [4.69, 9.17) is 0 Å². The maximum atomic E-state index is 10.9. The van der Waals surface area contributed by atoms with Crippen LogP contribution in [0.15, 0.2) is 98.4 Å². The third kappa shape index (κ3) is 10.9. The number of benzene rings is 2. The summed E-state index contributed by atoms with van der Waals surface area (Å²) < 4.78 is 0. The summed E-state index contributed by atoms with van der Waals surface area (Å²) in [6.45, 7) is 14.8. The summed E-state index contributed by atoms with van der Waals surface area (Å²) in [5.41, 5.74) is 8.16. The molecule has 1 atom stereocenters. The molecule has 0 aliphatic carbocycles. The predicted octanol–water partition coefficient (Wildman–Crippen LogP) is 7.72. The van der Waals surface area contributed by atoms with Gasteiger partial charge < -0.3 is 19.9 Å². The van der Waals surface area contributed by atoms with Crippen molar-refractivity contribution < 1.29 is 4.79 Å². The summed E-state index contributed by atoms with van der Waals surface area (Å²) in [7, 11) is 2.19. The molecule has 226 valence electrons. The first-order valence-corrected chi connectivity index (χ1v) is 15.5. The topological polar surface area (TPSA) is 59.4 Å². The first kappa shape index (κ1) is 33.4. The van der Waals surface area contributed by atoms with E-state index in [9.17, 15) is 10.1 Å². The summed E-state index contributed by atoms with van der Waals surface area (Å²) in [5.74, 6) is 0. The van der Waals surface area contributed by atoms with E-state index in [1.54, 1.807) is 6.20 Å². The van der Waals surface area contributed by atoms with Crippen LogP contribution < -0.4 is 5.32 Å². The monoisotopic (exact) mass is 576 g/mol. The highest BCUT2D eigenvalue weighted by molar-refractivity contribution is 5.70. The number of nitriles is 1. The zero-order valence-electron chi connectivity index (χ0n) is 25.9. The first-order valence-electron chi connectivity index (χ1n) is 15.5. The molecule has 0 spiro atoms. The van der Waals surface area contributed by atoms with Crippen molar-refractivity contribution in [2.75, 3.05) is 20.1 Å². The molecule has 0 bridgehead atoms. The number of nitrogens with one attached hydrogen (secondary N) is 1. The molecular weight excluding hydrogens is 528 g/mol. The number of hydrogen-bond acceptors (Lipinski definition) is 5. The van der Waals surface area contributed by atoms with Crippen LogP contribution in [0.2, 0.25) is 0 Å². The Balaban J connectivity index is 1.39. The molecule has 0 radical (unpaired) electrons. The maximum absolute atomic E-state index is 10.9. The highest BCUT2D eigenvalue weighted by Gasteiger charge is 2.26. The Morgan fingerprint density at radius 3 is 2.70 bits per heavy atom. The highest BCUT2D eigenvalue weighted by Crippen LogP contribution is 2.35. The molecule has 1 N–H and O–H groups in total. The smallest absolute Gasteiger partial charge is 0.120 e. The molecule has 0 saturated carbocycles. The fourth-order valence-corrected chi connectivity index (χ4v) is 5.76. The summed E-state index contributed by atoms with van der Waals surface area (Å²) >= 11 is 0. The normalized spacial score (nSPS) is 13.7. The van der Waals surface area contributed by atoms with Crippen LogP contribution in [0, 0.1) is 11.3 Å². The third-order valence-corrected chi connectivity index (χ3v) is 8.03. The maximum Gasteiger partial charge on any atom is 0.120 e. The predicted molar refractivity (Wildman–Crippen MR) is 180 cm³/mol. The second-order valence-corrected chi connectivity index (χ2v) is 11.4. The van der Waals surface area contributed by atoms with Crippen molar-refractivity contribution in [3.63, 3.8) is 0 Å². The van der Waals surface area contributed by atoms with Crippen molar-refractivity contribution >= 4 is 12.0 Å². The standard InChI is InChI=1S/C38H48N4O/c1-5-37(19-14-24-43)42-30-36-27-32(20-21-38(36)31(42)3)15-10-8-7-9-11-23-41(4)29-35(18-13-22-40-6-2)26-33-16-12-17-34(25-33)28-39/h5-6,12-13,16-18,20-22,24-25,27,37,40H,1-3,7-11,14-15,19,23,26,29-30H2,4H3/b22-13-,35-18+. The lowest BCUT2D eigenvalue weighted by molar-refractivity contribution is -0.108. The Morgan fingerprint density at radius 2 is 1.93 bits per heavy atom. The number of allylic oxidation sites excluding steroid dienone is 2. The molecular formula is C38H48N4O. The van der Waals surface area contributed by atoms with Crippen molar-refractivity contribution in [2.45, 2.75) is 70.4 Å². The molecule has 2 aromatic carbocycles. The lowest BCUT2D eigenvalue weighted by Crippen LogP contribution is -2.27. The van der Waals surface area contributed by atoms with Crippen LogP contribution in [0.3, 0.4) is 0 Å². The van der Waals surface area contributed by atoms with Crippen molar-refractivity contribution in [1.29, 1.82) is 5.26 Å². The average molecular weight is 577 g/mol. The van der Waals surface area contributed by atoms with Crippen LogP contribution in [0.4, 0.5) is 0 Å². The van der Waals surface area contributed by atoms with E-state index in [1.165, 1.54) is 54.4 Å². The van der Waals surface area contributed by atoms with Gasteiger partial charge in [-0.05, 0) is 86.8 Å². The molecule has 1 aliphatic rings. The second-order valence-electron chi connectivity index (χ2n) is 11.4. The molecule has 5 heteroatoms. The Labute approximate surface area is 259 Å². The molecule has 0 aromatic heterocycles. The Morgan fingerprint density at radius 1 is 1.12 bits per heavy atom. The van der Waals surface area contributed by atoms with E-state index < -0.39 is 0 Å². The van der Waals surface area contributed by atoms with Gasteiger partial charge in [0.15, 0.2) is 0 Å². The number of unbranched alkanes of at least 4 members (excludes halogenated alkanes) is 4. The van der Waals surface area contributed by atoms with Gasteiger partial charge in [0.05, 0.1) is 11.6 Å². The zero-order valence-corrected chi connectivity index (χ0v) is 25.9. The molecule has 3 rings (SSSR count). The van der Waals surface area contributed by atoms with Crippen molar-refractivity contribution in [2.24, 2.45) is 0 Å². The molecule has 1 heterocycles. The number of carbonyl (C=O) groups is 1. The van der Waals surface area contributed by atoms with Gasteiger partial charge in [0, 0.05) is 43.0 Å². The van der Waals surface area contributed by atoms with E-state index in [2.05, 4.69) is 78.3 Å². The quantitative estimate of drug-likeness (QED) is 0.0757. The fraction of sp³-hybridized carbons (Fsp3) is 0.368. The second kappa shape index (κ2) is 18.4. The van der Waals surface area contributed by atoms with Gasteiger partial charge in [-0.1, -0.05) is 80.5 Å². The number of rotatable bonds is 20. The van der Waals surface area contributed by atoms with E-state index in [0.717, 1.165) is 56.4 Å². The Bertz CT molecular complexity index is 1330. The Hall–Kier alpha value is -4.14. The zero-order chi connectivity index (χ0) is 30.9. The van der Waals surface area contributed by atoms with Gasteiger partial charge >= 0.3 is 0 Å². The number of carbonyl (C=O) groups excluding carboxylic acids is 1. The minimum Gasteiger partial charge on any atom is -0.368 e. The molecule has 0 saturated heterocycles. The first-order chi connectivity index (χ1) is 21.0. The number of aryl methyl sites for hydroxylation is 1. The van der Waals surface area contributed by atoms with Gasteiger partial charge in [0.1, 0.15) is 6.29 Å².